The van der Waals surface area contributed by atoms with Gasteiger partial charge in [-0.05, 0) is 23.5 Å². The van der Waals surface area contributed by atoms with Crippen LogP contribution in [0.15, 0.2) is 30.3 Å². The Labute approximate surface area is 146 Å². The molecule has 0 saturated carbocycles. The number of carbonyl (C=O) groups excluding carboxylic acids is 2. The summed E-state index contributed by atoms with van der Waals surface area (Å²) in [5.74, 6) is 1.14. The minimum Gasteiger partial charge on any atom is -0.367 e. The largest absolute Gasteiger partial charge is 0.367 e. The molecule has 2 amide bonds. The van der Waals surface area contributed by atoms with Crippen molar-refractivity contribution in [3.05, 3.63) is 35.9 Å². The summed E-state index contributed by atoms with van der Waals surface area (Å²) in [6.45, 7) is 4.99. The summed E-state index contributed by atoms with van der Waals surface area (Å²) in [4.78, 5) is 27.4. The van der Waals surface area contributed by atoms with Crippen molar-refractivity contribution in [3.8, 4) is 0 Å². The lowest BCUT2D eigenvalue weighted by atomic mass is 10.1. The highest BCUT2D eigenvalue weighted by atomic mass is 32.2. The van der Waals surface area contributed by atoms with Crippen LogP contribution in [0.25, 0.3) is 6.08 Å². The van der Waals surface area contributed by atoms with Crippen molar-refractivity contribution in [1.82, 2.24) is 10.4 Å². The molecule has 0 atom stereocenters. The van der Waals surface area contributed by atoms with Crippen molar-refractivity contribution in [2.24, 2.45) is 0 Å². The van der Waals surface area contributed by atoms with Gasteiger partial charge in [0.1, 0.15) is 0 Å². The summed E-state index contributed by atoms with van der Waals surface area (Å²) in [6, 6.07) is 7.78. The summed E-state index contributed by atoms with van der Waals surface area (Å²) < 4.78 is 0. The zero-order valence-electron chi connectivity index (χ0n) is 13.8. The Kier molecular flexibility index (Phi) is 7.14. The minimum absolute atomic E-state index is 0.203. The third-order valence-corrected chi connectivity index (χ3v) is 4.72. The van der Waals surface area contributed by atoms with Crippen LogP contribution in [0.4, 0.5) is 5.69 Å². The van der Waals surface area contributed by atoms with Gasteiger partial charge in [0.25, 0.3) is 5.91 Å². The number of nitrogens with one attached hydrogen (secondary N) is 1. The molecule has 0 unspecified atom stereocenters. The summed E-state index contributed by atoms with van der Waals surface area (Å²) in [7, 11) is 0. The van der Waals surface area contributed by atoms with Crippen molar-refractivity contribution < 1.29 is 14.8 Å². The Morgan fingerprint density at radius 2 is 1.96 bits per heavy atom. The second-order valence-corrected chi connectivity index (χ2v) is 6.65. The van der Waals surface area contributed by atoms with E-state index in [1.807, 2.05) is 29.2 Å². The van der Waals surface area contributed by atoms with Crippen LogP contribution in [-0.2, 0) is 9.59 Å². The van der Waals surface area contributed by atoms with Crippen molar-refractivity contribution in [2.75, 3.05) is 42.6 Å². The third kappa shape index (κ3) is 5.01. The van der Waals surface area contributed by atoms with Crippen LogP contribution in [0, 0.1) is 0 Å². The summed E-state index contributed by atoms with van der Waals surface area (Å²) >= 11 is 1.65. The van der Waals surface area contributed by atoms with Gasteiger partial charge >= 0.3 is 0 Å². The number of benzene rings is 1. The molecule has 0 aliphatic carbocycles. The van der Waals surface area contributed by atoms with Crippen LogP contribution in [0.3, 0.4) is 0 Å². The number of carbonyl (C=O) groups is 2. The second-order valence-electron chi connectivity index (χ2n) is 5.37. The average molecular weight is 349 g/mol. The number of hydrogen-bond acceptors (Lipinski definition) is 5. The first-order valence-corrected chi connectivity index (χ1v) is 9.12. The number of hydrogen-bond donors (Lipinski definition) is 2. The number of hydroxylamine groups is 1. The van der Waals surface area contributed by atoms with Gasteiger partial charge in [0.2, 0.25) is 5.91 Å². The molecule has 24 heavy (non-hydrogen) atoms. The molecule has 2 rings (SSSR count). The Hall–Kier alpha value is -1.99. The lowest BCUT2D eigenvalue weighted by Crippen LogP contribution is -2.49. The molecule has 1 fully saturated rings. The predicted molar refractivity (Wildman–Crippen MR) is 97.2 cm³/mol. The minimum atomic E-state index is -0.561. The summed E-state index contributed by atoms with van der Waals surface area (Å²) in [6.07, 6.45) is 2.97. The molecule has 130 valence electrons. The Bertz CT molecular complexity index is 598. The van der Waals surface area contributed by atoms with Gasteiger partial charge < -0.3 is 9.80 Å². The van der Waals surface area contributed by atoms with Gasteiger partial charge in [0, 0.05) is 37.9 Å². The SMILES string of the molecule is CCSCC(=O)N1CCN(c2ccccc2/C=C/C(=O)NO)CC1. The molecular formula is C17H23N3O3S. The fourth-order valence-electron chi connectivity index (χ4n) is 2.60. The topological polar surface area (TPSA) is 72.9 Å². The van der Waals surface area contributed by atoms with Crippen LogP contribution in [0.2, 0.25) is 0 Å². The van der Waals surface area contributed by atoms with Crippen LogP contribution in [0.1, 0.15) is 12.5 Å². The zero-order valence-corrected chi connectivity index (χ0v) is 14.6. The van der Waals surface area contributed by atoms with E-state index in [-0.39, 0.29) is 5.91 Å². The number of anilines is 1. The van der Waals surface area contributed by atoms with Gasteiger partial charge in [-0.25, -0.2) is 5.48 Å². The molecule has 2 N–H and O–H groups in total. The molecule has 1 aliphatic heterocycles. The average Bonchev–Trinajstić information content (AvgIpc) is 2.64. The summed E-state index contributed by atoms with van der Waals surface area (Å²) in [5, 5.41) is 8.57. The van der Waals surface area contributed by atoms with Crippen molar-refractivity contribution in [1.29, 1.82) is 0 Å². The number of para-hydroxylation sites is 1. The first-order valence-electron chi connectivity index (χ1n) is 7.97. The fraction of sp³-hybridized carbons (Fsp3) is 0.412. The first-order chi connectivity index (χ1) is 11.7. The Balaban J connectivity index is 2.00. The van der Waals surface area contributed by atoms with Gasteiger partial charge in [0.05, 0.1) is 5.75 Å². The van der Waals surface area contributed by atoms with E-state index in [9.17, 15) is 9.59 Å². The van der Waals surface area contributed by atoms with E-state index in [0.29, 0.717) is 18.8 Å². The fourth-order valence-corrected chi connectivity index (χ4v) is 3.16. The van der Waals surface area contributed by atoms with E-state index in [1.54, 1.807) is 23.3 Å². The lowest BCUT2D eigenvalue weighted by Gasteiger charge is -2.36. The van der Waals surface area contributed by atoms with Crippen molar-refractivity contribution in [3.63, 3.8) is 0 Å². The quantitative estimate of drug-likeness (QED) is 0.464. The zero-order chi connectivity index (χ0) is 17.4. The van der Waals surface area contributed by atoms with Crippen molar-refractivity contribution in [2.45, 2.75) is 6.92 Å². The molecule has 7 heteroatoms. The van der Waals surface area contributed by atoms with Crippen LogP contribution in [0.5, 0.6) is 0 Å². The molecule has 1 aromatic carbocycles. The van der Waals surface area contributed by atoms with Gasteiger partial charge in [-0.1, -0.05) is 25.1 Å². The van der Waals surface area contributed by atoms with Crippen LogP contribution >= 0.6 is 11.8 Å². The molecular weight excluding hydrogens is 326 g/mol. The van der Waals surface area contributed by atoms with E-state index >= 15 is 0 Å². The number of piperazine rings is 1. The van der Waals surface area contributed by atoms with Crippen LogP contribution < -0.4 is 10.4 Å². The van der Waals surface area contributed by atoms with Crippen molar-refractivity contribution >= 4 is 35.3 Å². The molecule has 0 radical (unpaired) electrons. The second kappa shape index (κ2) is 9.34. The molecule has 0 aromatic heterocycles. The van der Waals surface area contributed by atoms with Gasteiger partial charge in [-0.2, -0.15) is 11.8 Å². The van der Waals surface area contributed by atoms with Crippen LogP contribution in [-0.4, -0.2) is 59.6 Å². The maximum absolute atomic E-state index is 12.1. The normalized spacial score (nSPS) is 14.9. The number of rotatable bonds is 6. The summed E-state index contributed by atoms with van der Waals surface area (Å²) in [5.41, 5.74) is 3.51. The number of amides is 2. The van der Waals surface area contributed by atoms with E-state index in [2.05, 4.69) is 11.8 Å². The highest BCUT2D eigenvalue weighted by Crippen LogP contribution is 2.23. The highest BCUT2D eigenvalue weighted by Gasteiger charge is 2.21. The van der Waals surface area contributed by atoms with Gasteiger partial charge in [0.15, 0.2) is 0 Å². The monoisotopic (exact) mass is 349 g/mol. The van der Waals surface area contributed by atoms with E-state index in [0.717, 1.165) is 30.1 Å². The molecule has 1 aromatic rings. The maximum Gasteiger partial charge on any atom is 0.267 e. The van der Waals surface area contributed by atoms with Gasteiger partial charge in [-0.3, -0.25) is 14.8 Å². The molecule has 0 bridgehead atoms. The highest BCUT2D eigenvalue weighted by molar-refractivity contribution is 7.99. The Morgan fingerprint density at radius 3 is 2.62 bits per heavy atom. The lowest BCUT2D eigenvalue weighted by molar-refractivity contribution is -0.128. The standard InChI is InChI=1S/C17H23N3O3S/c1-2-24-13-17(22)20-11-9-19(10-12-20)15-6-4-3-5-14(15)7-8-16(21)18-23/h3-8,23H,2,9-13H2,1H3,(H,18,21)/b8-7+. The smallest absolute Gasteiger partial charge is 0.267 e. The molecule has 1 heterocycles. The van der Waals surface area contributed by atoms with Gasteiger partial charge in [-0.15, -0.1) is 0 Å². The van der Waals surface area contributed by atoms with E-state index in [4.69, 9.17) is 5.21 Å². The maximum atomic E-state index is 12.1. The predicted octanol–water partition coefficient (Wildman–Crippen LogP) is 1.61. The number of nitrogens with zero attached hydrogens (tertiary/aromatic N) is 2. The van der Waals surface area contributed by atoms with E-state index in [1.165, 1.54) is 6.08 Å². The molecule has 0 spiro atoms. The molecule has 1 aliphatic rings. The third-order valence-electron chi connectivity index (χ3n) is 3.86. The first kappa shape index (κ1) is 18.4. The molecule has 1 saturated heterocycles. The van der Waals surface area contributed by atoms with E-state index < -0.39 is 5.91 Å². The Morgan fingerprint density at radius 1 is 1.25 bits per heavy atom. The number of thioether (sulfide) groups is 1. The molecule has 6 nitrogen and oxygen atoms in total.